The number of carboxylic acids is 1. The molecule has 1 aliphatic heterocycles. The number of hydrogen-bond donors (Lipinski definition) is 4. The second kappa shape index (κ2) is 10.9. The summed E-state index contributed by atoms with van der Waals surface area (Å²) in [4.78, 5) is 11.5. The number of nitrogens with one attached hydrogen (secondary N) is 1. The van der Waals surface area contributed by atoms with Crippen LogP contribution in [0.1, 0.15) is 49.7 Å². The molecule has 10 heteroatoms. The molecular formula is C23H27F2NO5S2. The summed E-state index contributed by atoms with van der Waals surface area (Å²) in [5.74, 6) is -3.76. The number of rotatable bonds is 8. The summed E-state index contributed by atoms with van der Waals surface area (Å²) in [5.41, 5.74) is 1.48. The SMILES string of the molecule is CCCCC1CC(c2ccc(F)cc2)c2cc(SC)c(O/C=C(\F)C(=O)O)cc2S(O)(O)N1. The van der Waals surface area contributed by atoms with E-state index >= 15 is 0 Å². The van der Waals surface area contributed by atoms with Crippen molar-refractivity contribution < 1.29 is 32.5 Å². The van der Waals surface area contributed by atoms with Gasteiger partial charge in [-0.15, -0.1) is 22.5 Å². The summed E-state index contributed by atoms with van der Waals surface area (Å²) >= 11 is 1.29. The highest BCUT2D eigenvalue weighted by Gasteiger charge is 2.35. The van der Waals surface area contributed by atoms with Crippen molar-refractivity contribution in [3.63, 3.8) is 0 Å². The first-order chi connectivity index (χ1) is 15.7. The first-order valence-electron chi connectivity index (χ1n) is 10.4. The number of hydrogen-bond acceptors (Lipinski definition) is 6. The van der Waals surface area contributed by atoms with Gasteiger partial charge in [-0.1, -0.05) is 31.9 Å². The standard InChI is InChI=1S/C23H27F2NO5S2/c1-3-4-5-16-10-17(14-6-8-15(24)9-7-14)18-11-21(32-2)20(31-13-19(25)23(27)28)12-22(18)33(29,30)26-16/h6-9,11-13,16-17,26,29-30H,3-5,10H2,1-2H3,(H,27,28)/b19-13-. The second-order valence-corrected chi connectivity index (χ2v) is 10.4. The fourth-order valence-electron chi connectivity index (χ4n) is 3.89. The van der Waals surface area contributed by atoms with Crippen molar-refractivity contribution in [2.45, 2.75) is 54.4 Å². The van der Waals surface area contributed by atoms with Crippen LogP contribution in [0.15, 0.2) is 58.3 Å². The molecule has 0 saturated heterocycles. The maximum absolute atomic E-state index is 13.6. The molecule has 2 unspecified atom stereocenters. The minimum Gasteiger partial charge on any atom is -0.476 e. The third-order valence-electron chi connectivity index (χ3n) is 5.50. The van der Waals surface area contributed by atoms with E-state index in [0.29, 0.717) is 23.1 Å². The van der Waals surface area contributed by atoms with Crippen molar-refractivity contribution in [1.82, 2.24) is 4.72 Å². The largest absolute Gasteiger partial charge is 0.476 e. The van der Waals surface area contributed by atoms with Crippen molar-refractivity contribution in [3.8, 4) is 5.75 Å². The summed E-state index contributed by atoms with van der Waals surface area (Å²) < 4.78 is 57.4. The molecule has 180 valence electrons. The zero-order valence-electron chi connectivity index (χ0n) is 18.3. The van der Waals surface area contributed by atoms with Crippen LogP contribution >= 0.6 is 22.5 Å². The van der Waals surface area contributed by atoms with Crippen molar-refractivity contribution in [2.24, 2.45) is 0 Å². The van der Waals surface area contributed by atoms with Gasteiger partial charge in [0.1, 0.15) is 17.8 Å². The lowest BCUT2D eigenvalue weighted by atomic mass is 9.85. The lowest BCUT2D eigenvalue weighted by Gasteiger charge is -2.36. The van der Waals surface area contributed by atoms with Gasteiger partial charge >= 0.3 is 5.97 Å². The van der Waals surface area contributed by atoms with Gasteiger partial charge in [-0.05, 0) is 48.4 Å². The van der Waals surface area contributed by atoms with Gasteiger partial charge in [0.15, 0.2) is 0 Å². The van der Waals surface area contributed by atoms with Crippen molar-refractivity contribution >= 4 is 28.5 Å². The number of ether oxygens (including phenoxy) is 1. The summed E-state index contributed by atoms with van der Waals surface area (Å²) in [7, 11) is -3.45. The van der Waals surface area contributed by atoms with E-state index in [0.717, 1.165) is 24.8 Å². The lowest BCUT2D eigenvalue weighted by Crippen LogP contribution is -2.31. The van der Waals surface area contributed by atoms with Crippen LogP contribution in [0.4, 0.5) is 8.78 Å². The summed E-state index contributed by atoms with van der Waals surface area (Å²) in [6, 6.07) is 9.07. The van der Waals surface area contributed by atoms with E-state index in [1.165, 1.54) is 30.0 Å². The van der Waals surface area contributed by atoms with Gasteiger partial charge in [0, 0.05) is 18.0 Å². The minimum atomic E-state index is -3.45. The van der Waals surface area contributed by atoms with E-state index in [4.69, 9.17) is 9.84 Å². The topological polar surface area (TPSA) is 99.0 Å². The van der Waals surface area contributed by atoms with E-state index in [2.05, 4.69) is 11.6 Å². The van der Waals surface area contributed by atoms with Gasteiger partial charge in [-0.25, -0.2) is 13.9 Å². The van der Waals surface area contributed by atoms with Crippen molar-refractivity contribution in [1.29, 1.82) is 0 Å². The molecule has 4 N–H and O–H groups in total. The first kappa shape index (κ1) is 25.5. The zero-order chi connectivity index (χ0) is 24.2. The molecule has 0 amide bonds. The van der Waals surface area contributed by atoms with Crippen LogP contribution in [-0.4, -0.2) is 32.5 Å². The highest BCUT2D eigenvalue weighted by Crippen LogP contribution is 2.55. The molecule has 6 nitrogen and oxygen atoms in total. The molecule has 0 saturated carbocycles. The van der Waals surface area contributed by atoms with Gasteiger partial charge in [0.05, 0.1) is 9.79 Å². The number of fused-ring (bicyclic) bond motifs is 1. The molecule has 3 rings (SSSR count). The van der Waals surface area contributed by atoms with E-state index in [9.17, 15) is 22.7 Å². The highest BCUT2D eigenvalue weighted by atomic mass is 32.3. The quantitative estimate of drug-likeness (QED) is 0.186. The first-order valence-corrected chi connectivity index (χ1v) is 13.2. The van der Waals surface area contributed by atoms with Crippen LogP contribution in [0.25, 0.3) is 0 Å². The number of carboxylic acid groups (broad SMARTS) is 1. The third-order valence-corrected chi connectivity index (χ3v) is 7.89. The van der Waals surface area contributed by atoms with Crippen LogP contribution in [-0.2, 0) is 4.79 Å². The Kier molecular flexibility index (Phi) is 8.41. The van der Waals surface area contributed by atoms with E-state index in [-0.39, 0.29) is 28.4 Å². The summed E-state index contributed by atoms with van der Waals surface area (Å²) in [6.45, 7) is 2.05. The van der Waals surface area contributed by atoms with Crippen molar-refractivity contribution in [3.05, 3.63) is 65.4 Å². The Bertz CT molecular complexity index is 1030. The third kappa shape index (κ3) is 6.07. The van der Waals surface area contributed by atoms with Crippen LogP contribution < -0.4 is 9.46 Å². The molecule has 2 atom stereocenters. The molecule has 0 aliphatic carbocycles. The predicted molar refractivity (Wildman–Crippen MR) is 126 cm³/mol. The Balaban J connectivity index is 2.15. The number of benzene rings is 2. The average Bonchev–Trinajstić information content (AvgIpc) is 2.89. The smallest absolute Gasteiger partial charge is 0.368 e. The zero-order valence-corrected chi connectivity index (χ0v) is 19.9. The summed E-state index contributed by atoms with van der Waals surface area (Å²) in [5, 5.41) is 8.74. The van der Waals surface area contributed by atoms with Crippen LogP contribution in [0, 0.1) is 5.82 Å². The number of halogens is 2. The molecule has 0 spiro atoms. The van der Waals surface area contributed by atoms with Crippen LogP contribution in [0.3, 0.4) is 0 Å². The maximum atomic E-state index is 13.6. The van der Waals surface area contributed by atoms with Crippen LogP contribution in [0.5, 0.6) is 5.75 Å². The fourth-order valence-corrected chi connectivity index (χ4v) is 6.05. The Morgan fingerprint density at radius 1 is 1.30 bits per heavy atom. The van der Waals surface area contributed by atoms with Gasteiger partial charge in [0.2, 0.25) is 5.83 Å². The van der Waals surface area contributed by atoms with Gasteiger partial charge < -0.3 is 9.84 Å². The molecule has 2 aromatic carbocycles. The van der Waals surface area contributed by atoms with E-state index in [1.54, 1.807) is 24.5 Å². The van der Waals surface area contributed by atoms with Gasteiger partial charge in [-0.2, -0.15) is 4.39 Å². The Morgan fingerprint density at radius 3 is 2.61 bits per heavy atom. The lowest BCUT2D eigenvalue weighted by molar-refractivity contribution is -0.134. The molecule has 0 fully saturated rings. The molecule has 0 bridgehead atoms. The van der Waals surface area contributed by atoms with E-state index in [1.807, 2.05) is 0 Å². The molecule has 0 radical (unpaired) electrons. The Morgan fingerprint density at radius 2 is 2.00 bits per heavy atom. The Hall–Kier alpha value is -2.11. The van der Waals surface area contributed by atoms with Gasteiger partial charge in [0.25, 0.3) is 0 Å². The predicted octanol–water partition coefficient (Wildman–Crippen LogP) is 6.53. The molecular weight excluding hydrogens is 472 g/mol. The summed E-state index contributed by atoms with van der Waals surface area (Å²) in [6.07, 6.45) is 5.38. The highest BCUT2D eigenvalue weighted by molar-refractivity contribution is 8.22. The average molecular weight is 500 g/mol. The normalized spacial score (nSPS) is 21.1. The van der Waals surface area contributed by atoms with Gasteiger partial charge in [-0.3, -0.25) is 9.11 Å². The fraction of sp³-hybridized carbons (Fsp3) is 0.348. The Labute approximate surface area is 197 Å². The minimum absolute atomic E-state index is 0.101. The number of unbranched alkanes of at least 4 members (excludes halogenated alkanes) is 1. The molecule has 0 aromatic heterocycles. The van der Waals surface area contributed by atoms with Crippen molar-refractivity contribution in [2.75, 3.05) is 6.26 Å². The molecule has 33 heavy (non-hydrogen) atoms. The number of thioether (sulfide) groups is 1. The number of aliphatic carboxylic acids is 1. The molecule has 2 aromatic rings. The maximum Gasteiger partial charge on any atom is 0.368 e. The monoisotopic (exact) mass is 499 g/mol. The molecule has 1 heterocycles. The molecule has 1 aliphatic rings. The van der Waals surface area contributed by atoms with E-state index < -0.39 is 22.6 Å². The number of carbonyl (C=O) groups is 1. The second-order valence-electron chi connectivity index (χ2n) is 7.78. The van der Waals surface area contributed by atoms with Crippen LogP contribution in [0.2, 0.25) is 0 Å².